The molecule has 1 heterocycles. The minimum Gasteiger partial charge on any atom is -0.480 e. The molecule has 3 rings (SSSR count). The largest absolute Gasteiger partial charge is 0.480 e. The fourth-order valence-corrected chi connectivity index (χ4v) is 3.18. The fourth-order valence-electron chi connectivity index (χ4n) is 3.18. The van der Waals surface area contributed by atoms with Gasteiger partial charge in [0.25, 0.3) is 0 Å². The highest BCUT2D eigenvalue weighted by atomic mass is 19.2. The molecule has 1 unspecified atom stereocenters. The quantitative estimate of drug-likeness (QED) is 0.918. The van der Waals surface area contributed by atoms with Crippen molar-refractivity contribution in [2.24, 2.45) is 0 Å². The number of benzene rings is 2. The van der Waals surface area contributed by atoms with Gasteiger partial charge in [-0.3, -0.25) is 9.69 Å². The van der Waals surface area contributed by atoms with E-state index < -0.39 is 23.6 Å². The van der Waals surface area contributed by atoms with E-state index in [0.717, 1.165) is 17.7 Å². The molecule has 0 spiro atoms. The predicted molar refractivity (Wildman–Crippen MR) is 89.3 cm³/mol. The van der Waals surface area contributed by atoms with E-state index in [9.17, 15) is 23.5 Å². The zero-order valence-electron chi connectivity index (χ0n) is 13.6. The van der Waals surface area contributed by atoms with Gasteiger partial charge >= 0.3 is 5.97 Å². The molecule has 0 saturated heterocycles. The van der Waals surface area contributed by atoms with Crippen LogP contribution >= 0.6 is 0 Å². The first kappa shape index (κ1) is 17.1. The summed E-state index contributed by atoms with van der Waals surface area (Å²) >= 11 is 0. The van der Waals surface area contributed by atoms with Crippen LogP contribution in [0.5, 0.6) is 0 Å². The first-order valence-corrected chi connectivity index (χ1v) is 8.05. The Labute approximate surface area is 143 Å². The monoisotopic (exact) mass is 345 g/mol. The van der Waals surface area contributed by atoms with Crippen LogP contribution in [0.25, 0.3) is 11.1 Å². The zero-order valence-corrected chi connectivity index (χ0v) is 13.6. The lowest BCUT2D eigenvalue weighted by atomic mass is 9.94. The molecule has 6 heteroatoms. The van der Waals surface area contributed by atoms with E-state index in [2.05, 4.69) is 0 Å². The van der Waals surface area contributed by atoms with Gasteiger partial charge in [0.15, 0.2) is 11.6 Å². The van der Waals surface area contributed by atoms with Gasteiger partial charge in [0.05, 0.1) is 0 Å². The third-order valence-electron chi connectivity index (χ3n) is 4.45. The van der Waals surface area contributed by atoms with E-state index in [1.54, 1.807) is 25.1 Å². The minimum absolute atomic E-state index is 0.220. The van der Waals surface area contributed by atoms with Crippen LogP contribution in [0.15, 0.2) is 36.4 Å². The Morgan fingerprint density at radius 1 is 1.12 bits per heavy atom. The molecule has 2 aromatic carbocycles. The number of hydrogen-bond donors (Lipinski definition) is 1. The van der Waals surface area contributed by atoms with E-state index in [1.165, 1.54) is 11.0 Å². The van der Waals surface area contributed by atoms with Crippen LogP contribution in [-0.4, -0.2) is 23.0 Å². The topological polar surface area (TPSA) is 57.6 Å². The number of amides is 1. The number of carboxylic acids is 1. The maximum atomic E-state index is 13.5. The molecule has 4 nitrogen and oxygen atoms in total. The first-order valence-electron chi connectivity index (χ1n) is 8.05. The molecule has 0 fully saturated rings. The number of anilines is 1. The van der Waals surface area contributed by atoms with Crippen LogP contribution in [0.2, 0.25) is 0 Å². The normalized spacial score (nSPS) is 15.0. The van der Waals surface area contributed by atoms with Crippen LogP contribution in [0.4, 0.5) is 14.5 Å². The number of aryl methyl sites for hydroxylation is 1. The number of carboxylic acid groups (broad SMARTS) is 1. The number of fused-ring (bicyclic) bond motifs is 1. The summed E-state index contributed by atoms with van der Waals surface area (Å²) in [6.45, 7) is 1.72. The van der Waals surface area contributed by atoms with Crippen molar-refractivity contribution in [1.29, 1.82) is 0 Å². The van der Waals surface area contributed by atoms with Gasteiger partial charge in [-0.15, -0.1) is 0 Å². The fraction of sp³-hybridized carbons (Fsp3) is 0.263. The Hall–Kier alpha value is -2.76. The number of hydrogen-bond acceptors (Lipinski definition) is 2. The molecule has 2 aromatic rings. The second-order valence-electron chi connectivity index (χ2n) is 6.00. The van der Waals surface area contributed by atoms with Crippen molar-refractivity contribution in [1.82, 2.24) is 0 Å². The van der Waals surface area contributed by atoms with Crippen molar-refractivity contribution < 1.29 is 23.5 Å². The SMILES string of the molecule is CCC(C(=O)O)N1C(=O)CCc2cc(-c3ccc(F)c(F)c3)ccc21. The molecule has 0 aromatic heterocycles. The van der Waals surface area contributed by atoms with Crippen molar-refractivity contribution in [3.8, 4) is 11.1 Å². The van der Waals surface area contributed by atoms with Gasteiger partial charge in [0.2, 0.25) is 5.91 Å². The molecule has 0 bridgehead atoms. The standard InChI is InChI=1S/C19H17F2NO3/c1-2-16(19(24)25)22-17-7-4-11(9-13(17)5-8-18(22)23)12-3-6-14(20)15(21)10-12/h3-4,6-7,9-10,16H,2,5,8H2,1H3,(H,24,25). The summed E-state index contributed by atoms with van der Waals surface area (Å²) in [6.07, 6.45) is 1.00. The van der Waals surface area contributed by atoms with Gasteiger partial charge < -0.3 is 5.11 Å². The van der Waals surface area contributed by atoms with Crippen molar-refractivity contribution in [2.45, 2.75) is 32.2 Å². The third kappa shape index (κ3) is 3.12. The molecule has 1 amide bonds. The van der Waals surface area contributed by atoms with Crippen LogP contribution in [-0.2, 0) is 16.0 Å². The molecule has 25 heavy (non-hydrogen) atoms. The molecule has 1 aliphatic heterocycles. The van der Waals surface area contributed by atoms with E-state index >= 15 is 0 Å². The van der Waals surface area contributed by atoms with Crippen LogP contribution in [0.1, 0.15) is 25.3 Å². The summed E-state index contributed by atoms with van der Waals surface area (Å²) in [6, 6.07) is 7.92. The van der Waals surface area contributed by atoms with Gasteiger partial charge in [-0.05, 0) is 53.8 Å². The van der Waals surface area contributed by atoms with Crippen molar-refractivity contribution in [3.05, 3.63) is 53.6 Å². The second-order valence-corrected chi connectivity index (χ2v) is 6.00. The molecule has 0 radical (unpaired) electrons. The Morgan fingerprint density at radius 2 is 1.80 bits per heavy atom. The molecule has 130 valence electrons. The molecule has 1 N–H and O–H groups in total. The molecular weight excluding hydrogens is 328 g/mol. The van der Waals surface area contributed by atoms with E-state index in [1.807, 2.05) is 0 Å². The van der Waals surface area contributed by atoms with Crippen LogP contribution in [0.3, 0.4) is 0 Å². The van der Waals surface area contributed by atoms with Gasteiger partial charge in [0, 0.05) is 12.1 Å². The second kappa shape index (κ2) is 6.63. The lowest BCUT2D eigenvalue weighted by Crippen LogP contribution is -2.47. The molecular formula is C19H17F2NO3. The molecule has 1 atom stereocenters. The van der Waals surface area contributed by atoms with E-state index in [0.29, 0.717) is 29.7 Å². The molecule has 1 aliphatic rings. The van der Waals surface area contributed by atoms with Gasteiger partial charge in [-0.2, -0.15) is 0 Å². The summed E-state index contributed by atoms with van der Waals surface area (Å²) in [4.78, 5) is 25.1. The van der Waals surface area contributed by atoms with E-state index in [-0.39, 0.29) is 12.3 Å². The van der Waals surface area contributed by atoms with Gasteiger partial charge in [-0.1, -0.05) is 19.1 Å². The number of carbonyl (C=O) groups is 2. The molecule has 0 saturated carbocycles. The number of halogens is 2. The average molecular weight is 345 g/mol. The van der Waals surface area contributed by atoms with Gasteiger partial charge in [0.1, 0.15) is 6.04 Å². The van der Waals surface area contributed by atoms with Crippen LogP contribution in [0, 0.1) is 11.6 Å². The summed E-state index contributed by atoms with van der Waals surface area (Å²) in [7, 11) is 0. The zero-order chi connectivity index (χ0) is 18.1. The lowest BCUT2D eigenvalue weighted by molar-refractivity contribution is -0.140. The van der Waals surface area contributed by atoms with Crippen LogP contribution < -0.4 is 4.90 Å². The average Bonchev–Trinajstić information content (AvgIpc) is 2.59. The third-order valence-corrected chi connectivity index (χ3v) is 4.45. The Kier molecular flexibility index (Phi) is 4.53. The van der Waals surface area contributed by atoms with E-state index in [4.69, 9.17) is 0 Å². The maximum Gasteiger partial charge on any atom is 0.326 e. The highest BCUT2D eigenvalue weighted by Crippen LogP contribution is 2.34. The lowest BCUT2D eigenvalue weighted by Gasteiger charge is -2.33. The predicted octanol–water partition coefficient (Wildman–Crippen LogP) is 3.77. The smallest absolute Gasteiger partial charge is 0.326 e. The number of aliphatic carboxylic acids is 1. The number of nitrogens with zero attached hydrogens (tertiary/aromatic N) is 1. The van der Waals surface area contributed by atoms with Crippen molar-refractivity contribution in [3.63, 3.8) is 0 Å². The minimum atomic E-state index is -1.05. The first-order chi connectivity index (χ1) is 11.9. The Morgan fingerprint density at radius 3 is 2.44 bits per heavy atom. The summed E-state index contributed by atoms with van der Waals surface area (Å²) < 4.78 is 26.6. The Balaban J connectivity index is 2.04. The highest BCUT2D eigenvalue weighted by molar-refractivity contribution is 6.01. The number of rotatable bonds is 4. The summed E-state index contributed by atoms with van der Waals surface area (Å²) in [5.41, 5.74) is 2.60. The summed E-state index contributed by atoms with van der Waals surface area (Å²) in [5.74, 6) is -3.11. The maximum absolute atomic E-state index is 13.5. The van der Waals surface area contributed by atoms with Crippen molar-refractivity contribution in [2.75, 3.05) is 4.90 Å². The van der Waals surface area contributed by atoms with Gasteiger partial charge in [-0.25, -0.2) is 13.6 Å². The highest BCUT2D eigenvalue weighted by Gasteiger charge is 2.33. The summed E-state index contributed by atoms with van der Waals surface area (Å²) in [5, 5.41) is 9.39. The number of carbonyl (C=O) groups excluding carboxylic acids is 1. The molecule has 0 aliphatic carbocycles. The Bertz CT molecular complexity index is 851. The van der Waals surface area contributed by atoms with Crippen molar-refractivity contribution >= 4 is 17.6 Å².